The maximum absolute atomic E-state index is 14.1. The van der Waals surface area contributed by atoms with Crippen LogP contribution in [-0.4, -0.2) is 83.9 Å². The predicted octanol–water partition coefficient (Wildman–Crippen LogP) is 5.64. The summed E-state index contributed by atoms with van der Waals surface area (Å²) in [6.07, 6.45) is -9.14. The summed E-state index contributed by atoms with van der Waals surface area (Å²) < 4.78 is 249. The van der Waals surface area contributed by atoms with Crippen LogP contribution in [-0.2, 0) is 14.8 Å². The average molecular weight is 625 g/mol. The van der Waals surface area contributed by atoms with Gasteiger partial charge in [-0.3, -0.25) is 0 Å². The Bertz CT molecular complexity index is 1020. The number of hydrogen-bond donors (Lipinski definition) is 1. The molecule has 0 radical (unpaired) electrons. The smallest absolute Gasteiger partial charge is 0.460 e. The Labute approximate surface area is 199 Å². The number of carboxylic acid groups (broad SMARTS) is 1. The molecule has 0 aromatic carbocycles. The van der Waals surface area contributed by atoms with E-state index in [0.29, 0.717) is 6.92 Å². The standard InChI is InChI=1S/C15H12F17NO4S/c1-3-33(5-4-6(2)7(34)35)38(36,37)15(31,32)13(26,27)11(22,23)9(18,19)8(16,17)10(20,21)12(24,25)14(28,29)30/h2-5H2,1H3,(H,34,35). The van der Waals surface area contributed by atoms with Crippen LogP contribution in [0.3, 0.4) is 0 Å². The molecule has 0 aliphatic heterocycles. The largest absolute Gasteiger partial charge is 0.478 e. The van der Waals surface area contributed by atoms with E-state index in [4.69, 9.17) is 5.11 Å². The number of hydrogen-bond acceptors (Lipinski definition) is 3. The summed E-state index contributed by atoms with van der Waals surface area (Å²) in [4.78, 5) is 10.6. The van der Waals surface area contributed by atoms with E-state index >= 15 is 0 Å². The first kappa shape index (κ1) is 35.9. The summed E-state index contributed by atoms with van der Waals surface area (Å²) in [6.45, 7) is 0.124. The molecule has 5 nitrogen and oxygen atoms in total. The first-order valence-corrected chi connectivity index (χ1v) is 10.3. The maximum Gasteiger partial charge on any atom is 0.460 e. The molecule has 0 heterocycles. The van der Waals surface area contributed by atoms with Gasteiger partial charge in [0.15, 0.2) is 0 Å². The molecule has 0 spiro atoms. The van der Waals surface area contributed by atoms with Crippen LogP contribution < -0.4 is 0 Å². The van der Waals surface area contributed by atoms with Gasteiger partial charge in [0.05, 0.1) is 0 Å². The highest BCUT2D eigenvalue weighted by molar-refractivity contribution is 7.90. The van der Waals surface area contributed by atoms with Crippen LogP contribution in [0.5, 0.6) is 0 Å². The summed E-state index contributed by atoms with van der Waals surface area (Å²) in [5.41, 5.74) is -1.03. The van der Waals surface area contributed by atoms with Crippen molar-refractivity contribution in [3.63, 3.8) is 0 Å². The van der Waals surface area contributed by atoms with E-state index < -0.39 is 92.3 Å². The molecule has 0 saturated heterocycles. The minimum atomic E-state index is -8.92. The highest BCUT2D eigenvalue weighted by atomic mass is 32.2. The molecule has 0 rings (SSSR count). The highest BCUT2D eigenvalue weighted by Gasteiger charge is 2.96. The third-order valence-electron chi connectivity index (χ3n) is 4.68. The van der Waals surface area contributed by atoms with Gasteiger partial charge < -0.3 is 5.11 Å². The van der Waals surface area contributed by atoms with Crippen molar-refractivity contribution >= 4 is 16.0 Å². The number of alkyl halides is 17. The Morgan fingerprint density at radius 3 is 1.29 bits per heavy atom. The summed E-state index contributed by atoms with van der Waals surface area (Å²) in [5.74, 6) is -54.0. The third-order valence-corrected chi connectivity index (χ3v) is 6.70. The Kier molecular flexibility index (Phi) is 9.30. The van der Waals surface area contributed by atoms with Crippen LogP contribution in [0.15, 0.2) is 12.2 Å². The molecule has 0 atom stereocenters. The van der Waals surface area contributed by atoms with Crippen LogP contribution in [0.25, 0.3) is 0 Å². The van der Waals surface area contributed by atoms with Crippen LogP contribution in [0, 0.1) is 0 Å². The van der Waals surface area contributed by atoms with Crippen LogP contribution in [0.1, 0.15) is 13.3 Å². The van der Waals surface area contributed by atoms with Gasteiger partial charge in [0.25, 0.3) is 10.0 Å². The summed E-state index contributed by atoms with van der Waals surface area (Å²) >= 11 is 0. The van der Waals surface area contributed by atoms with E-state index in [9.17, 15) is 87.8 Å². The number of nitrogens with zero attached hydrogens (tertiary/aromatic N) is 1. The van der Waals surface area contributed by atoms with Crippen LogP contribution in [0.2, 0.25) is 0 Å². The second-order valence-corrected chi connectivity index (χ2v) is 9.10. The molecule has 0 aromatic heterocycles. The monoisotopic (exact) mass is 625 g/mol. The van der Waals surface area contributed by atoms with Crippen LogP contribution >= 0.6 is 0 Å². The highest BCUT2D eigenvalue weighted by Crippen LogP contribution is 2.64. The molecule has 0 amide bonds. The molecule has 0 fully saturated rings. The van der Waals surface area contributed by atoms with Crippen molar-refractivity contribution in [2.75, 3.05) is 13.1 Å². The number of carboxylic acids is 1. The summed E-state index contributed by atoms with van der Waals surface area (Å²) in [7, 11) is -7.46. The lowest BCUT2D eigenvalue weighted by atomic mass is 9.91. The van der Waals surface area contributed by atoms with Gasteiger partial charge in [-0.15, -0.1) is 0 Å². The molecule has 0 saturated carbocycles. The second-order valence-electron chi connectivity index (χ2n) is 7.12. The lowest BCUT2D eigenvalue weighted by Gasteiger charge is -2.43. The molecular weight excluding hydrogens is 613 g/mol. The fourth-order valence-corrected chi connectivity index (χ4v) is 3.74. The van der Waals surface area contributed by atoms with Gasteiger partial charge in [0.2, 0.25) is 0 Å². The minimum absolute atomic E-state index is 0.482. The summed E-state index contributed by atoms with van der Waals surface area (Å²) in [6, 6.07) is 0. The molecule has 38 heavy (non-hydrogen) atoms. The van der Waals surface area contributed by atoms with Crippen molar-refractivity contribution in [3.05, 3.63) is 12.2 Å². The van der Waals surface area contributed by atoms with E-state index in [0.717, 1.165) is 0 Å². The Morgan fingerprint density at radius 1 is 0.684 bits per heavy atom. The Morgan fingerprint density at radius 2 is 1.00 bits per heavy atom. The van der Waals surface area contributed by atoms with Gasteiger partial charge in [0, 0.05) is 18.7 Å². The minimum Gasteiger partial charge on any atom is -0.478 e. The molecular formula is C15H12F17NO4S. The van der Waals surface area contributed by atoms with Crippen LogP contribution in [0.4, 0.5) is 74.6 Å². The van der Waals surface area contributed by atoms with Crippen molar-refractivity contribution in [3.8, 4) is 0 Å². The van der Waals surface area contributed by atoms with Crippen molar-refractivity contribution < 1.29 is 93.0 Å². The van der Waals surface area contributed by atoms with Gasteiger partial charge in [-0.05, 0) is 6.42 Å². The van der Waals surface area contributed by atoms with E-state index in [1.807, 2.05) is 0 Å². The molecule has 0 aromatic rings. The molecule has 23 heteroatoms. The lowest BCUT2D eigenvalue weighted by Crippen LogP contribution is -2.75. The molecule has 226 valence electrons. The first-order chi connectivity index (χ1) is 16.3. The van der Waals surface area contributed by atoms with Crippen molar-refractivity contribution in [2.45, 2.75) is 60.3 Å². The van der Waals surface area contributed by atoms with E-state index in [1.165, 1.54) is 0 Å². The Hall–Kier alpha value is -2.07. The molecule has 0 aliphatic carbocycles. The fourth-order valence-electron chi connectivity index (χ4n) is 2.29. The predicted molar refractivity (Wildman–Crippen MR) is 88.2 cm³/mol. The van der Waals surface area contributed by atoms with Gasteiger partial charge in [-0.1, -0.05) is 13.5 Å². The maximum atomic E-state index is 14.1. The zero-order chi connectivity index (χ0) is 31.4. The normalized spacial score (nSPS) is 15.7. The SMILES string of the molecule is C=C(CCN(CC)S(=O)(=O)C(F)(F)C(F)(F)C(F)(F)C(F)(F)C(F)(F)C(F)(F)C(F)(F)C(F)(F)F)C(=O)O. The van der Waals surface area contributed by atoms with E-state index in [-0.39, 0.29) is 0 Å². The molecule has 0 bridgehead atoms. The van der Waals surface area contributed by atoms with Crippen molar-refractivity contribution in [1.82, 2.24) is 4.31 Å². The van der Waals surface area contributed by atoms with Gasteiger partial charge in [-0.25, -0.2) is 13.2 Å². The van der Waals surface area contributed by atoms with Crippen molar-refractivity contribution in [1.29, 1.82) is 0 Å². The zero-order valence-electron chi connectivity index (χ0n) is 17.8. The molecule has 0 unspecified atom stereocenters. The number of aliphatic carboxylic acids is 1. The summed E-state index contributed by atoms with van der Waals surface area (Å²) in [5, 5.41) is 0.842. The number of rotatable bonds is 13. The molecule has 1 N–H and O–H groups in total. The number of carbonyl (C=O) groups is 1. The lowest BCUT2D eigenvalue weighted by molar-refractivity contribution is -0.458. The van der Waals surface area contributed by atoms with Gasteiger partial charge in [0.1, 0.15) is 0 Å². The van der Waals surface area contributed by atoms with E-state index in [1.54, 1.807) is 0 Å². The van der Waals surface area contributed by atoms with Gasteiger partial charge >= 0.3 is 52.9 Å². The Balaban J connectivity index is 6.91. The molecule has 0 aliphatic rings. The second kappa shape index (κ2) is 9.84. The third kappa shape index (κ3) is 4.87. The van der Waals surface area contributed by atoms with Gasteiger partial charge in [-0.2, -0.15) is 78.9 Å². The van der Waals surface area contributed by atoms with E-state index in [2.05, 4.69) is 6.58 Å². The zero-order valence-corrected chi connectivity index (χ0v) is 18.6. The topological polar surface area (TPSA) is 74.7 Å². The fraction of sp³-hybridized carbons (Fsp3) is 0.800. The average Bonchev–Trinajstić information content (AvgIpc) is 2.71. The number of halogens is 17. The first-order valence-electron chi connectivity index (χ1n) is 8.91. The number of sulfonamides is 1. The quantitative estimate of drug-likeness (QED) is 0.213. The van der Waals surface area contributed by atoms with Crippen molar-refractivity contribution in [2.24, 2.45) is 0 Å².